The molecule has 0 radical (unpaired) electrons. The lowest BCUT2D eigenvalue weighted by Crippen LogP contribution is -1.93. The van der Waals surface area contributed by atoms with Crippen molar-refractivity contribution in [2.45, 2.75) is 13.8 Å². The number of hydrogen-bond donors (Lipinski definition) is 0. The number of carbonyl (C=O) groups excluding carboxylic acids is 1. The number of benzene rings is 2. The van der Waals surface area contributed by atoms with Gasteiger partial charge in [-0.25, -0.2) is 0 Å². The van der Waals surface area contributed by atoms with Crippen LogP contribution in [0.15, 0.2) is 46.9 Å². The highest BCUT2D eigenvalue weighted by Gasteiger charge is 2.28. The van der Waals surface area contributed by atoms with Crippen molar-refractivity contribution in [2.75, 3.05) is 0 Å². The molecule has 0 saturated carbocycles. The third-order valence-corrected chi connectivity index (χ3v) is 4.20. The van der Waals surface area contributed by atoms with Crippen LogP contribution in [0.5, 0.6) is 0 Å². The van der Waals surface area contributed by atoms with Crippen LogP contribution in [0.25, 0.3) is 5.57 Å². The van der Waals surface area contributed by atoms with Crippen molar-refractivity contribution in [3.63, 3.8) is 0 Å². The summed E-state index contributed by atoms with van der Waals surface area (Å²) >= 11 is 3.46. The molecular formula is C17H13BrO. The van der Waals surface area contributed by atoms with Crippen molar-refractivity contribution in [1.82, 2.24) is 0 Å². The maximum Gasteiger partial charge on any atom is 0.201 e. The van der Waals surface area contributed by atoms with Crippen LogP contribution < -0.4 is 0 Å². The molecule has 0 amide bonds. The molecule has 2 heteroatoms. The number of carbonyl (C=O) groups is 1. The first kappa shape index (κ1) is 12.4. The summed E-state index contributed by atoms with van der Waals surface area (Å²) in [5.41, 5.74) is 6.28. The van der Waals surface area contributed by atoms with Gasteiger partial charge in [0.05, 0.1) is 4.48 Å². The summed E-state index contributed by atoms with van der Waals surface area (Å²) in [5, 5.41) is 0. The van der Waals surface area contributed by atoms with Crippen LogP contribution in [0.1, 0.15) is 32.6 Å². The SMILES string of the molecule is Cc1ccc(C2=C(Br)C(=O)c3ccc(C)cc32)cc1. The normalized spacial score (nSPS) is 13.9. The molecule has 0 saturated heterocycles. The molecule has 1 aliphatic rings. The molecule has 19 heavy (non-hydrogen) atoms. The van der Waals surface area contributed by atoms with E-state index in [1.807, 2.05) is 19.1 Å². The largest absolute Gasteiger partial charge is 0.288 e. The van der Waals surface area contributed by atoms with Gasteiger partial charge in [-0.3, -0.25) is 4.79 Å². The Hall–Kier alpha value is -1.67. The molecule has 2 aromatic rings. The summed E-state index contributed by atoms with van der Waals surface area (Å²) in [7, 11) is 0. The van der Waals surface area contributed by atoms with Crippen molar-refractivity contribution in [3.8, 4) is 0 Å². The second kappa shape index (κ2) is 4.46. The van der Waals surface area contributed by atoms with Gasteiger partial charge in [-0.05, 0) is 40.9 Å². The van der Waals surface area contributed by atoms with Gasteiger partial charge < -0.3 is 0 Å². The highest BCUT2D eigenvalue weighted by atomic mass is 79.9. The molecule has 0 N–H and O–H groups in total. The number of ketones is 1. The van der Waals surface area contributed by atoms with Gasteiger partial charge in [-0.2, -0.15) is 0 Å². The van der Waals surface area contributed by atoms with Crippen LogP contribution in [0.3, 0.4) is 0 Å². The van der Waals surface area contributed by atoms with Crippen LogP contribution in [-0.2, 0) is 0 Å². The van der Waals surface area contributed by atoms with E-state index in [2.05, 4.69) is 53.2 Å². The average Bonchev–Trinajstić information content (AvgIpc) is 2.63. The van der Waals surface area contributed by atoms with Gasteiger partial charge in [-0.1, -0.05) is 53.6 Å². The molecule has 0 fully saturated rings. The van der Waals surface area contributed by atoms with E-state index in [0.717, 1.165) is 22.3 Å². The van der Waals surface area contributed by atoms with Crippen molar-refractivity contribution >= 4 is 27.3 Å². The summed E-state index contributed by atoms with van der Waals surface area (Å²) in [6, 6.07) is 14.2. The van der Waals surface area contributed by atoms with Gasteiger partial charge in [-0.15, -0.1) is 0 Å². The number of rotatable bonds is 1. The molecule has 0 aliphatic heterocycles. The summed E-state index contributed by atoms with van der Waals surface area (Å²) in [6.07, 6.45) is 0. The molecule has 0 bridgehead atoms. The van der Waals surface area contributed by atoms with E-state index < -0.39 is 0 Å². The third kappa shape index (κ3) is 1.96. The first-order valence-electron chi connectivity index (χ1n) is 6.20. The van der Waals surface area contributed by atoms with E-state index in [-0.39, 0.29) is 5.78 Å². The highest BCUT2D eigenvalue weighted by Crippen LogP contribution is 2.40. The Labute approximate surface area is 121 Å². The second-order valence-electron chi connectivity index (χ2n) is 4.93. The highest BCUT2D eigenvalue weighted by molar-refractivity contribution is 9.12. The minimum atomic E-state index is 0.0746. The number of hydrogen-bond acceptors (Lipinski definition) is 1. The van der Waals surface area contributed by atoms with Gasteiger partial charge in [0.25, 0.3) is 0 Å². The lowest BCUT2D eigenvalue weighted by atomic mass is 9.97. The maximum absolute atomic E-state index is 12.3. The molecule has 0 heterocycles. The zero-order valence-electron chi connectivity index (χ0n) is 10.8. The standard InChI is InChI=1S/C17H13BrO/c1-10-3-6-12(7-4-10)15-14-9-11(2)5-8-13(14)17(19)16(15)18/h3-9H,1-2H3. The van der Waals surface area contributed by atoms with Crippen molar-refractivity contribution in [1.29, 1.82) is 0 Å². The summed E-state index contributed by atoms with van der Waals surface area (Å²) in [4.78, 5) is 12.3. The zero-order chi connectivity index (χ0) is 13.6. The lowest BCUT2D eigenvalue weighted by molar-refractivity contribution is 0.104. The fraction of sp³-hybridized carbons (Fsp3) is 0.118. The van der Waals surface area contributed by atoms with Crippen molar-refractivity contribution in [2.24, 2.45) is 0 Å². The third-order valence-electron chi connectivity index (χ3n) is 3.45. The van der Waals surface area contributed by atoms with Gasteiger partial charge in [0.15, 0.2) is 0 Å². The van der Waals surface area contributed by atoms with E-state index in [4.69, 9.17) is 0 Å². The Morgan fingerprint density at radius 2 is 1.47 bits per heavy atom. The summed E-state index contributed by atoms with van der Waals surface area (Å²) in [6.45, 7) is 4.11. The number of allylic oxidation sites excluding steroid dienone is 1. The van der Waals surface area contributed by atoms with Crippen LogP contribution in [0, 0.1) is 13.8 Å². The monoisotopic (exact) mass is 312 g/mol. The maximum atomic E-state index is 12.3. The molecule has 0 spiro atoms. The summed E-state index contributed by atoms with van der Waals surface area (Å²) < 4.78 is 0.664. The van der Waals surface area contributed by atoms with Gasteiger partial charge in [0.1, 0.15) is 0 Å². The minimum absolute atomic E-state index is 0.0746. The molecule has 1 nitrogen and oxygen atoms in total. The minimum Gasteiger partial charge on any atom is -0.288 e. The van der Waals surface area contributed by atoms with E-state index in [0.29, 0.717) is 4.48 Å². The fourth-order valence-corrected chi connectivity index (χ4v) is 3.07. The smallest absolute Gasteiger partial charge is 0.201 e. The Morgan fingerprint density at radius 1 is 0.842 bits per heavy atom. The molecule has 3 rings (SSSR count). The fourth-order valence-electron chi connectivity index (χ4n) is 2.42. The quantitative estimate of drug-likeness (QED) is 0.749. The zero-order valence-corrected chi connectivity index (χ0v) is 12.4. The topological polar surface area (TPSA) is 17.1 Å². The molecule has 94 valence electrons. The Bertz CT molecular complexity index is 709. The summed E-state index contributed by atoms with van der Waals surface area (Å²) in [5.74, 6) is 0.0746. The first-order valence-corrected chi connectivity index (χ1v) is 7.00. The molecule has 1 aliphatic carbocycles. The van der Waals surface area contributed by atoms with E-state index in [1.165, 1.54) is 11.1 Å². The molecule has 2 aromatic carbocycles. The number of aryl methyl sites for hydroxylation is 2. The predicted octanol–water partition coefficient (Wildman–Crippen LogP) is 4.65. The van der Waals surface area contributed by atoms with Crippen molar-refractivity contribution in [3.05, 3.63) is 74.8 Å². The van der Waals surface area contributed by atoms with E-state index in [1.54, 1.807) is 0 Å². The van der Waals surface area contributed by atoms with Gasteiger partial charge >= 0.3 is 0 Å². The van der Waals surface area contributed by atoms with Crippen molar-refractivity contribution < 1.29 is 4.79 Å². The molecule has 0 unspecified atom stereocenters. The Kier molecular flexibility index (Phi) is 2.90. The van der Waals surface area contributed by atoms with Crippen LogP contribution in [-0.4, -0.2) is 5.78 Å². The van der Waals surface area contributed by atoms with Crippen LogP contribution >= 0.6 is 15.9 Å². The molecular weight excluding hydrogens is 300 g/mol. The lowest BCUT2D eigenvalue weighted by Gasteiger charge is -2.07. The van der Waals surface area contributed by atoms with Crippen LogP contribution in [0.4, 0.5) is 0 Å². The molecule has 0 aromatic heterocycles. The first-order chi connectivity index (χ1) is 9.08. The molecule has 0 atom stereocenters. The second-order valence-corrected chi connectivity index (χ2v) is 5.73. The Balaban J connectivity index is 2.24. The number of halogens is 1. The predicted molar refractivity (Wildman–Crippen MR) is 81.6 cm³/mol. The number of fused-ring (bicyclic) bond motifs is 1. The van der Waals surface area contributed by atoms with Crippen LogP contribution in [0.2, 0.25) is 0 Å². The Morgan fingerprint density at radius 3 is 2.16 bits per heavy atom. The van der Waals surface area contributed by atoms with Gasteiger partial charge in [0.2, 0.25) is 5.78 Å². The van der Waals surface area contributed by atoms with E-state index >= 15 is 0 Å². The van der Waals surface area contributed by atoms with Gasteiger partial charge in [0, 0.05) is 11.1 Å². The van der Waals surface area contributed by atoms with E-state index in [9.17, 15) is 4.79 Å². The average molecular weight is 313 g/mol. The number of Topliss-reactive ketones (excluding diaryl/α,β-unsaturated/α-hetero) is 1.